The van der Waals surface area contributed by atoms with E-state index < -0.39 is 10.0 Å². The van der Waals surface area contributed by atoms with Gasteiger partial charge in [0.2, 0.25) is 10.0 Å². The summed E-state index contributed by atoms with van der Waals surface area (Å²) in [5, 5.41) is 6.80. The average molecular weight is 378 g/mol. The summed E-state index contributed by atoms with van der Waals surface area (Å²) in [6, 6.07) is 6.01. The number of carbonyl (C=O) groups is 1. The van der Waals surface area contributed by atoms with Crippen molar-refractivity contribution in [2.75, 3.05) is 19.8 Å². The number of aromatic nitrogens is 2. The fraction of sp³-hybridized carbons (Fsp3) is 0.412. The van der Waals surface area contributed by atoms with E-state index >= 15 is 0 Å². The van der Waals surface area contributed by atoms with E-state index in [9.17, 15) is 13.2 Å². The zero-order valence-electron chi connectivity index (χ0n) is 14.5. The summed E-state index contributed by atoms with van der Waals surface area (Å²) >= 11 is 0. The second-order valence-electron chi connectivity index (χ2n) is 6.31. The van der Waals surface area contributed by atoms with Crippen molar-refractivity contribution in [1.82, 2.24) is 19.8 Å². The molecule has 0 bridgehead atoms. The van der Waals surface area contributed by atoms with E-state index in [1.165, 1.54) is 12.1 Å². The summed E-state index contributed by atoms with van der Waals surface area (Å²) in [5.41, 5.74) is 1.16. The molecule has 0 saturated carbocycles. The van der Waals surface area contributed by atoms with E-state index in [1.54, 1.807) is 36.3 Å². The van der Waals surface area contributed by atoms with Crippen LogP contribution in [0, 0.1) is 5.92 Å². The van der Waals surface area contributed by atoms with Gasteiger partial charge in [-0.15, -0.1) is 0 Å². The molecule has 140 valence electrons. The zero-order valence-corrected chi connectivity index (χ0v) is 15.3. The molecular weight excluding hydrogens is 356 g/mol. The molecule has 3 rings (SSSR count). The number of carbonyl (C=O) groups excluding carboxylic acids is 1. The van der Waals surface area contributed by atoms with Crippen molar-refractivity contribution >= 4 is 15.9 Å². The molecule has 26 heavy (non-hydrogen) atoms. The van der Waals surface area contributed by atoms with Crippen LogP contribution in [0.4, 0.5) is 0 Å². The molecule has 1 aromatic carbocycles. The molecule has 1 amide bonds. The number of amides is 1. The highest BCUT2D eigenvalue weighted by atomic mass is 32.2. The van der Waals surface area contributed by atoms with Crippen LogP contribution in [0.25, 0.3) is 0 Å². The first-order valence-corrected chi connectivity index (χ1v) is 9.85. The van der Waals surface area contributed by atoms with Crippen LogP contribution in [0.5, 0.6) is 0 Å². The maximum atomic E-state index is 12.5. The molecule has 1 saturated heterocycles. The molecule has 9 heteroatoms. The Labute approximate surface area is 152 Å². The first-order valence-electron chi connectivity index (χ1n) is 8.37. The molecule has 0 radical (unpaired) electrons. The highest BCUT2D eigenvalue weighted by Gasteiger charge is 2.21. The lowest BCUT2D eigenvalue weighted by molar-refractivity contribution is 0.0950. The normalized spacial score (nSPS) is 17.3. The van der Waals surface area contributed by atoms with Gasteiger partial charge in [-0.05, 0) is 30.5 Å². The van der Waals surface area contributed by atoms with Gasteiger partial charge >= 0.3 is 0 Å². The molecule has 1 aromatic heterocycles. The van der Waals surface area contributed by atoms with Crippen molar-refractivity contribution in [1.29, 1.82) is 0 Å². The molecule has 0 aliphatic carbocycles. The lowest BCUT2D eigenvalue weighted by atomic mass is 10.1. The third-order valence-corrected chi connectivity index (χ3v) is 5.63. The second-order valence-corrected chi connectivity index (χ2v) is 8.08. The number of nitrogens with zero attached hydrogens (tertiary/aromatic N) is 2. The maximum absolute atomic E-state index is 12.5. The Morgan fingerprint density at radius 2 is 2.27 bits per heavy atom. The Kier molecular flexibility index (Phi) is 5.70. The van der Waals surface area contributed by atoms with Gasteiger partial charge in [0.1, 0.15) is 0 Å². The van der Waals surface area contributed by atoms with E-state index in [0.717, 1.165) is 12.0 Å². The fourth-order valence-corrected chi connectivity index (χ4v) is 3.87. The van der Waals surface area contributed by atoms with Crippen LogP contribution < -0.4 is 10.0 Å². The van der Waals surface area contributed by atoms with E-state index in [2.05, 4.69) is 15.1 Å². The lowest BCUT2D eigenvalue weighted by Crippen LogP contribution is -2.30. The number of aryl methyl sites for hydroxylation is 1. The molecule has 8 nitrogen and oxygen atoms in total. The third kappa shape index (κ3) is 4.69. The van der Waals surface area contributed by atoms with Gasteiger partial charge in [-0.3, -0.25) is 9.48 Å². The summed E-state index contributed by atoms with van der Waals surface area (Å²) in [5.74, 6) is -0.147. The number of nitrogens with one attached hydrogen (secondary N) is 2. The Bertz CT molecular complexity index is 872. The van der Waals surface area contributed by atoms with Crippen molar-refractivity contribution < 1.29 is 17.9 Å². The smallest absolute Gasteiger partial charge is 0.251 e. The molecule has 1 unspecified atom stereocenters. The van der Waals surface area contributed by atoms with Crippen LogP contribution in [0.15, 0.2) is 41.6 Å². The van der Waals surface area contributed by atoms with Crippen LogP contribution in [0.2, 0.25) is 0 Å². The van der Waals surface area contributed by atoms with Gasteiger partial charge in [0.15, 0.2) is 0 Å². The highest BCUT2D eigenvalue weighted by molar-refractivity contribution is 7.89. The van der Waals surface area contributed by atoms with E-state index in [-0.39, 0.29) is 16.7 Å². The molecule has 1 aliphatic heterocycles. The van der Waals surface area contributed by atoms with Gasteiger partial charge in [0.05, 0.1) is 17.7 Å². The number of ether oxygens (including phenoxy) is 1. The minimum absolute atomic E-state index is 0.0745. The van der Waals surface area contributed by atoms with Crippen molar-refractivity contribution in [3.8, 4) is 0 Å². The summed E-state index contributed by atoms with van der Waals surface area (Å²) in [6.07, 6.45) is 4.31. The van der Waals surface area contributed by atoms with Crippen LogP contribution >= 0.6 is 0 Å². The zero-order chi connectivity index (χ0) is 18.6. The minimum atomic E-state index is -3.67. The van der Waals surface area contributed by atoms with Crippen molar-refractivity contribution in [2.24, 2.45) is 13.0 Å². The molecule has 1 fully saturated rings. The SMILES string of the molecule is Cn1cc(CNC(=O)c2cccc(S(=O)(=O)NCC3CCOC3)c2)cn1. The fourth-order valence-electron chi connectivity index (χ4n) is 2.71. The number of rotatable bonds is 7. The third-order valence-electron chi connectivity index (χ3n) is 4.20. The predicted octanol–water partition coefficient (Wildman–Crippen LogP) is 0.665. The van der Waals surface area contributed by atoms with Gasteiger partial charge in [0, 0.05) is 44.1 Å². The average Bonchev–Trinajstić information content (AvgIpc) is 3.29. The van der Waals surface area contributed by atoms with Crippen LogP contribution in [0.1, 0.15) is 22.3 Å². The Morgan fingerprint density at radius 1 is 1.42 bits per heavy atom. The monoisotopic (exact) mass is 378 g/mol. The first-order chi connectivity index (χ1) is 12.4. The Hall–Kier alpha value is -2.23. The van der Waals surface area contributed by atoms with Gasteiger partial charge in [-0.25, -0.2) is 13.1 Å². The number of sulfonamides is 1. The summed E-state index contributed by atoms with van der Waals surface area (Å²) in [7, 11) is -1.87. The summed E-state index contributed by atoms with van der Waals surface area (Å²) in [6.45, 7) is 1.89. The van der Waals surface area contributed by atoms with Crippen molar-refractivity contribution in [3.63, 3.8) is 0 Å². The second kappa shape index (κ2) is 7.98. The first kappa shape index (κ1) is 18.6. The number of hydrogen-bond acceptors (Lipinski definition) is 5. The van der Waals surface area contributed by atoms with Crippen LogP contribution in [-0.2, 0) is 28.4 Å². The Morgan fingerprint density at radius 3 is 2.96 bits per heavy atom. The van der Waals surface area contributed by atoms with E-state index in [4.69, 9.17) is 4.74 Å². The van der Waals surface area contributed by atoms with Gasteiger partial charge < -0.3 is 10.1 Å². The molecule has 1 atom stereocenters. The molecule has 2 heterocycles. The molecule has 2 N–H and O–H groups in total. The maximum Gasteiger partial charge on any atom is 0.251 e. The predicted molar refractivity (Wildman–Crippen MR) is 94.9 cm³/mol. The lowest BCUT2D eigenvalue weighted by Gasteiger charge is -2.11. The van der Waals surface area contributed by atoms with E-state index in [1.807, 2.05) is 0 Å². The van der Waals surface area contributed by atoms with E-state index in [0.29, 0.717) is 31.9 Å². The van der Waals surface area contributed by atoms with Crippen LogP contribution in [0.3, 0.4) is 0 Å². The van der Waals surface area contributed by atoms with Crippen LogP contribution in [-0.4, -0.2) is 43.9 Å². The van der Waals surface area contributed by atoms with Gasteiger partial charge in [0.25, 0.3) is 5.91 Å². The van der Waals surface area contributed by atoms with Crippen molar-refractivity contribution in [3.05, 3.63) is 47.8 Å². The standard InChI is InChI=1S/C17H22N4O4S/c1-21-11-14(9-19-21)8-18-17(22)15-3-2-4-16(7-15)26(23,24)20-10-13-5-6-25-12-13/h2-4,7,9,11,13,20H,5-6,8,10,12H2,1H3,(H,18,22). The molecule has 0 spiro atoms. The largest absolute Gasteiger partial charge is 0.381 e. The topological polar surface area (TPSA) is 102 Å². The number of benzene rings is 1. The number of hydrogen-bond donors (Lipinski definition) is 2. The van der Waals surface area contributed by atoms with Gasteiger partial charge in [-0.2, -0.15) is 5.10 Å². The molecule has 2 aromatic rings. The Balaban J connectivity index is 1.63. The van der Waals surface area contributed by atoms with Gasteiger partial charge in [-0.1, -0.05) is 6.07 Å². The molecular formula is C17H22N4O4S. The molecule has 1 aliphatic rings. The highest BCUT2D eigenvalue weighted by Crippen LogP contribution is 2.15. The summed E-state index contributed by atoms with van der Waals surface area (Å²) < 4.78 is 34.4. The quantitative estimate of drug-likeness (QED) is 0.737. The minimum Gasteiger partial charge on any atom is -0.381 e. The summed E-state index contributed by atoms with van der Waals surface area (Å²) in [4.78, 5) is 12.4. The van der Waals surface area contributed by atoms with Crippen molar-refractivity contribution in [2.45, 2.75) is 17.9 Å².